The maximum absolute atomic E-state index is 2.29. The second-order valence-electron chi connectivity index (χ2n) is 8.00. The summed E-state index contributed by atoms with van der Waals surface area (Å²) in [5, 5.41) is 0. The van der Waals surface area contributed by atoms with E-state index in [1.165, 1.54) is 27.7 Å². The highest BCUT2D eigenvalue weighted by molar-refractivity contribution is 6.32. The maximum atomic E-state index is 2.29. The highest BCUT2D eigenvalue weighted by Crippen LogP contribution is 2.35. The van der Waals surface area contributed by atoms with Crippen molar-refractivity contribution in [3.63, 3.8) is 0 Å². The first-order valence-corrected chi connectivity index (χ1v) is 11.0. The van der Waals surface area contributed by atoms with Crippen LogP contribution in [0.2, 0.25) is 0 Å². The fourth-order valence-corrected chi connectivity index (χ4v) is 4.01. The van der Waals surface area contributed by atoms with Crippen molar-refractivity contribution in [2.45, 2.75) is 0 Å². The van der Waals surface area contributed by atoms with Crippen molar-refractivity contribution in [3.8, 4) is 22.3 Å². The molecule has 0 aliphatic rings. The molecular weight excluding hydrogens is 385 g/mol. The summed E-state index contributed by atoms with van der Waals surface area (Å²) in [5.41, 5.74) is 9.62. The molecule has 0 unspecified atom stereocenters. The van der Waals surface area contributed by atoms with Crippen molar-refractivity contribution < 1.29 is 0 Å². The number of hydrogen-bond donors (Lipinski definition) is 0. The average Bonchev–Trinajstić information content (AvgIpc) is 2.87. The standard InChI is InChI=1S/C30H24BN/c31-27-17-21-30(22-18-27)32(28-9-5-2-6-10-28)29-19-15-26(16-20-29)25-13-11-24(12-14-25)23-7-3-1-4-8-23/h1-22H,31H2. The summed E-state index contributed by atoms with van der Waals surface area (Å²) < 4.78 is 0. The van der Waals surface area contributed by atoms with Gasteiger partial charge in [0.25, 0.3) is 0 Å². The Labute approximate surface area is 191 Å². The largest absolute Gasteiger partial charge is 0.311 e. The van der Waals surface area contributed by atoms with E-state index >= 15 is 0 Å². The van der Waals surface area contributed by atoms with Crippen LogP contribution >= 0.6 is 0 Å². The molecule has 152 valence electrons. The van der Waals surface area contributed by atoms with Crippen LogP contribution in [0, 0.1) is 0 Å². The van der Waals surface area contributed by atoms with Gasteiger partial charge < -0.3 is 4.90 Å². The fraction of sp³-hybridized carbons (Fsp3) is 0. The van der Waals surface area contributed by atoms with Crippen molar-refractivity contribution in [2.75, 3.05) is 4.90 Å². The molecule has 0 N–H and O–H groups in total. The number of benzene rings is 5. The number of anilines is 3. The number of para-hydroxylation sites is 1. The van der Waals surface area contributed by atoms with Crippen molar-refractivity contribution in [1.82, 2.24) is 0 Å². The summed E-state index contributed by atoms with van der Waals surface area (Å²) in [6, 6.07) is 47.3. The molecule has 5 aromatic rings. The third kappa shape index (κ3) is 4.21. The lowest BCUT2D eigenvalue weighted by atomic mass is 9.96. The summed E-state index contributed by atoms with van der Waals surface area (Å²) in [5.74, 6) is 0. The lowest BCUT2D eigenvalue weighted by molar-refractivity contribution is 1.29. The topological polar surface area (TPSA) is 3.24 Å². The molecule has 0 aliphatic carbocycles. The van der Waals surface area contributed by atoms with Gasteiger partial charge in [0, 0.05) is 17.1 Å². The highest BCUT2D eigenvalue weighted by Gasteiger charge is 2.12. The van der Waals surface area contributed by atoms with Crippen LogP contribution in [0.3, 0.4) is 0 Å². The molecule has 0 amide bonds. The van der Waals surface area contributed by atoms with Gasteiger partial charge >= 0.3 is 0 Å². The Hall–Kier alpha value is -4.04. The Morgan fingerprint density at radius 2 is 0.688 bits per heavy atom. The summed E-state index contributed by atoms with van der Waals surface area (Å²) in [6.07, 6.45) is 0. The first kappa shape index (κ1) is 19.9. The SMILES string of the molecule is Bc1ccc(N(c2ccccc2)c2ccc(-c3ccc(-c4ccccc4)cc3)cc2)cc1. The zero-order chi connectivity index (χ0) is 21.8. The third-order valence-electron chi connectivity index (χ3n) is 5.76. The lowest BCUT2D eigenvalue weighted by Crippen LogP contribution is -2.11. The van der Waals surface area contributed by atoms with Crippen LogP contribution in [-0.2, 0) is 0 Å². The van der Waals surface area contributed by atoms with E-state index < -0.39 is 0 Å². The first-order valence-electron chi connectivity index (χ1n) is 11.0. The molecule has 0 spiro atoms. The molecule has 0 fully saturated rings. The first-order chi connectivity index (χ1) is 15.8. The van der Waals surface area contributed by atoms with Crippen LogP contribution < -0.4 is 10.4 Å². The van der Waals surface area contributed by atoms with Gasteiger partial charge in [0.2, 0.25) is 0 Å². The Morgan fingerprint density at radius 3 is 1.19 bits per heavy atom. The van der Waals surface area contributed by atoms with Crippen molar-refractivity contribution >= 4 is 30.4 Å². The Balaban J connectivity index is 1.46. The Kier molecular flexibility index (Phi) is 5.59. The molecule has 0 saturated heterocycles. The lowest BCUT2D eigenvalue weighted by Gasteiger charge is -2.25. The van der Waals surface area contributed by atoms with Crippen LogP contribution in [0.4, 0.5) is 17.1 Å². The molecule has 0 saturated carbocycles. The Morgan fingerprint density at radius 1 is 0.344 bits per heavy atom. The minimum atomic E-state index is 1.14. The fourth-order valence-electron chi connectivity index (χ4n) is 4.01. The van der Waals surface area contributed by atoms with Crippen LogP contribution in [-0.4, -0.2) is 7.85 Å². The monoisotopic (exact) mass is 409 g/mol. The number of rotatable bonds is 5. The summed E-state index contributed by atoms with van der Waals surface area (Å²) in [4.78, 5) is 2.29. The van der Waals surface area contributed by atoms with Gasteiger partial charge in [-0.1, -0.05) is 103 Å². The molecule has 0 aromatic heterocycles. The van der Waals surface area contributed by atoms with Crippen LogP contribution in [0.5, 0.6) is 0 Å². The van der Waals surface area contributed by atoms with E-state index in [0.717, 1.165) is 17.1 Å². The molecule has 0 heterocycles. The van der Waals surface area contributed by atoms with E-state index in [4.69, 9.17) is 0 Å². The van der Waals surface area contributed by atoms with Gasteiger partial charge in [0.1, 0.15) is 7.85 Å². The molecule has 32 heavy (non-hydrogen) atoms. The normalized spacial score (nSPS) is 10.6. The maximum Gasteiger partial charge on any atom is 0.139 e. The van der Waals surface area contributed by atoms with Crippen molar-refractivity contribution in [3.05, 3.63) is 133 Å². The predicted octanol–water partition coefficient (Wildman–Crippen LogP) is 6.75. The number of hydrogen-bond acceptors (Lipinski definition) is 1. The molecule has 5 rings (SSSR count). The Bertz CT molecular complexity index is 1280. The summed E-state index contributed by atoms with van der Waals surface area (Å²) in [7, 11) is 2.12. The third-order valence-corrected chi connectivity index (χ3v) is 5.76. The van der Waals surface area contributed by atoms with E-state index in [9.17, 15) is 0 Å². The van der Waals surface area contributed by atoms with Crippen LogP contribution in [0.15, 0.2) is 133 Å². The zero-order valence-corrected chi connectivity index (χ0v) is 18.1. The second-order valence-corrected chi connectivity index (χ2v) is 8.00. The molecule has 1 nitrogen and oxygen atoms in total. The van der Waals surface area contributed by atoms with E-state index in [-0.39, 0.29) is 0 Å². The molecule has 0 aliphatic heterocycles. The van der Waals surface area contributed by atoms with Gasteiger partial charge in [0.05, 0.1) is 0 Å². The summed E-state index contributed by atoms with van der Waals surface area (Å²) >= 11 is 0. The quantitative estimate of drug-likeness (QED) is 0.290. The van der Waals surface area contributed by atoms with E-state index in [2.05, 4.69) is 146 Å². The molecule has 0 radical (unpaired) electrons. The van der Waals surface area contributed by atoms with E-state index in [1.54, 1.807) is 0 Å². The molecule has 5 aromatic carbocycles. The minimum absolute atomic E-state index is 1.14. The van der Waals surface area contributed by atoms with Crippen molar-refractivity contribution in [2.24, 2.45) is 0 Å². The van der Waals surface area contributed by atoms with Crippen molar-refractivity contribution in [1.29, 1.82) is 0 Å². The predicted molar refractivity (Wildman–Crippen MR) is 140 cm³/mol. The van der Waals surface area contributed by atoms with Gasteiger partial charge in [-0.2, -0.15) is 0 Å². The van der Waals surface area contributed by atoms with Gasteiger partial charge in [-0.25, -0.2) is 0 Å². The smallest absolute Gasteiger partial charge is 0.139 e. The zero-order valence-electron chi connectivity index (χ0n) is 18.1. The van der Waals surface area contributed by atoms with Gasteiger partial charge in [0.15, 0.2) is 0 Å². The minimum Gasteiger partial charge on any atom is -0.311 e. The number of nitrogens with zero attached hydrogens (tertiary/aromatic N) is 1. The van der Waals surface area contributed by atoms with Crippen LogP contribution in [0.25, 0.3) is 22.3 Å². The molecule has 0 bridgehead atoms. The highest BCUT2D eigenvalue weighted by atomic mass is 15.1. The second kappa shape index (κ2) is 8.99. The van der Waals surface area contributed by atoms with E-state index in [0.29, 0.717) is 0 Å². The summed E-state index contributed by atoms with van der Waals surface area (Å²) in [6.45, 7) is 0. The molecule has 0 atom stereocenters. The van der Waals surface area contributed by atoms with Gasteiger partial charge in [-0.15, -0.1) is 0 Å². The van der Waals surface area contributed by atoms with Crippen LogP contribution in [0.1, 0.15) is 0 Å². The molecule has 2 heteroatoms. The van der Waals surface area contributed by atoms with Gasteiger partial charge in [-0.05, 0) is 58.7 Å². The van der Waals surface area contributed by atoms with E-state index in [1.807, 2.05) is 0 Å². The molecular formula is C30H24BN. The van der Waals surface area contributed by atoms with Gasteiger partial charge in [-0.3, -0.25) is 0 Å². The average molecular weight is 409 g/mol.